The van der Waals surface area contributed by atoms with Crippen molar-refractivity contribution in [2.75, 3.05) is 11.0 Å². The first kappa shape index (κ1) is 14.2. The molecule has 0 amide bonds. The molecule has 106 valence electrons. The number of rotatable bonds is 4. The molecule has 0 atom stereocenters. The Kier molecular flexibility index (Phi) is 3.51. The lowest BCUT2D eigenvalue weighted by Crippen LogP contribution is -2.15. The number of hydrogen-bond acceptors (Lipinski definition) is 3. The smallest absolute Gasteiger partial charge is 0.229 e. The Morgan fingerprint density at radius 1 is 1.26 bits per heavy atom. The van der Waals surface area contributed by atoms with Gasteiger partial charge in [-0.1, -0.05) is 26.8 Å². The molecule has 0 aromatic heterocycles. The number of benzene rings is 1. The summed E-state index contributed by atoms with van der Waals surface area (Å²) in [6.45, 7) is 6.27. The summed E-state index contributed by atoms with van der Waals surface area (Å²) in [5, 5.41) is 0. The van der Waals surface area contributed by atoms with Gasteiger partial charge in [0, 0.05) is 0 Å². The Labute approximate surface area is 115 Å². The van der Waals surface area contributed by atoms with Gasteiger partial charge in [-0.3, -0.25) is 4.72 Å². The van der Waals surface area contributed by atoms with Crippen LogP contribution >= 0.6 is 0 Å². The van der Waals surface area contributed by atoms with Crippen LogP contribution in [0.4, 0.5) is 5.69 Å². The lowest BCUT2D eigenvalue weighted by molar-refractivity contribution is 0.304. The Morgan fingerprint density at radius 2 is 1.89 bits per heavy atom. The molecule has 0 saturated heterocycles. The third-order valence-corrected chi connectivity index (χ3v) is 3.55. The van der Waals surface area contributed by atoms with Gasteiger partial charge in [0.25, 0.3) is 0 Å². The van der Waals surface area contributed by atoms with Crippen LogP contribution in [0.5, 0.6) is 5.75 Å². The standard InChI is InChI=1S/C14H21NO3S/c1-14(2,3)10-5-8-13(18-11-6-7-11)12(9-10)15-19(4,16)17/h5,8-9,11,15H,6-7H2,1-4H3. The summed E-state index contributed by atoms with van der Waals surface area (Å²) in [6, 6.07) is 5.70. The highest BCUT2D eigenvalue weighted by Crippen LogP contribution is 2.35. The van der Waals surface area contributed by atoms with Crippen LogP contribution in [0.1, 0.15) is 39.2 Å². The van der Waals surface area contributed by atoms with Crippen molar-refractivity contribution in [3.63, 3.8) is 0 Å². The van der Waals surface area contributed by atoms with Gasteiger partial charge in [-0.2, -0.15) is 0 Å². The summed E-state index contributed by atoms with van der Waals surface area (Å²) in [7, 11) is -3.31. The molecule has 1 aromatic rings. The first-order valence-electron chi connectivity index (χ1n) is 6.44. The van der Waals surface area contributed by atoms with Gasteiger partial charge in [-0.25, -0.2) is 8.42 Å². The van der Waals surface area contributed by atoms with Crippen LogP contribution in [0, 0.1) is 0 Å². The zero-order valence-electron chi connectivity index (χ0n) is 11.9. The van der Waals surface area contributed by atoms with E-state index in [-0.39, 0.29) is 11.5 Å². The van der Waals surface area contributed by atoms with Crippen LogP contribution in [-0.4, -0.2) is 20.8 Å². The Balaban J connectivity index is 2.37. The summed E-state index contributed by atoms with van der Waals surface area (Å²) in [5.41, 5.74) is 1.56. The molecular weight excluding hydrogens is 262 g/mol. The monoisotopic (exact) mass is 283 g/mol. The number of ether oxygens (including phenoxy) is 1. The summed E-state index contributed by atoms with van der Waals surface area (Å²) < 4.78 is 31.2. The van der Waals surface area contributed by atoms with Crippen LogP contribution in [0.3, 0.4) is 0 Å². The predicted octanol–water partition coefficient (Wildman–Crippen LogP) is 2.90. The van der Waals surface area contributed by atoms with Gasteiger partial charge >= 0.3 is 0 Å². The highest BCUT2D eigenvalue weighted by molar-refractivity contribution is 7.92. The fraction of sp³-hybridized carbons (Fsp3) is 0.571. The largest absolute Gasteiger partial charge is 0.488 e. The molecule has 1 saturated carbocycles. The number of anilines is 1. The highest BCUT2D eigenvalue weighted by atomic mass is 32.2. The van der Waals surface area contributed by atoms with Crippen LogP contribution in [0.25, 0.3) is 0 Å². The SMILES string of the molecule is CC(C)(C)c1ccc(OC2CC2)c(NS(C)(=O)=O)c1. The fourth-order valence-electron chi connectivity index (χ4n) is 1.74. The molecule has 0 aliphatic heterocycles. The summed E-state index contributed by atoms with van der Waals surface area (Å²) in [5.74, 6) is 0.612. The minimum Gasteiger partial charge on any atom is -0.488 e. The minimum absolute atomic E-state index is 0.0357. The minimum atomic E-state index is -3.31. The molecule has 0 spiro atoms. The average Bonchev–Trinajstić information content (AvgIpc) is 3.00. The maximum Gasteiger partial charge on any atom is 0.229 e. The van der Waals surface area contributed by atoms with Crippen molar-refractivity contribution in [2.24, 2.45) is 0 Å². The predicted molar refractivity (Wildman–Crippen MR) is 77.3 cm³/mol. The van der Waals surface area contributed by atoms with Crippen molar-refractivity contribution >= 4 is 15.7 Å². The van der Waals surface area contributed by atoms with Gasteiger partial charge < -0.3 is 4.74 Å². The van der Waals surface area contributed by atoms with Crippen molar-refractivity contribution in [1.29, 1.82) is 0 Å². The van der Waals surface area contributed by atoms with Gasteiger partial charge in [0.05, 0.1) is 18.0 Å². The van der Waals surface area contributed by atoms with E-state index in [1.165, 1.54) is 0 Å². The van der Waals surface area contributed by atoms with Crippen molar-refractivity contribution in [2.45, 2.75) is 45.1 Å². The highest BCUT2D eigenvalue weighted by Gasteiger charge is 2.26. The molecule has 1 aliphatic carbocycles. The molecule has 4 nitrogen and oxygen atoms in total. The van der Waals surface area contributed by atoms with E-state index in [0.717, 1.165) is 24.7 Å². The molecular formula is C14H21NO3S. The maximum absolute atomic E-state index is 11.4. The molecule has 0 radical (unpaired) electrons. The van der Waals surface area contributed by atoms with E-state index >= 15 is 0 Å². The van der Waals surface area contributed by atoms with Gasteiger partial charge in [0.1, 0.15) is 5.75 Å². The number of hydrogen-bond donors (Lipinski definition) is 1. The van der Waals surface area contributed by atoms with Crippen molar-refractivity contribution in [3.8, 4) is 5.75 Å². The zero-order chi connectivity index (χ0) is 14.3. The lowest BCUT2D eigenvalue weighted by atomic mass is 9.87. The topological polar surface area (TPSA) is 55.4 Å². The summed E-state index contributed by atoms with van der Waals surface area (Å²) >= 11 is 0. The van der Waals surface area contributed by atoms with Gasteiger partial charge in [0.15, 0.2) is 0 Å². The third kappa shape index (κ3) is 4.13. The quantitative estimate of drug-likeness (QED) is 0.924. The lowest BCUT2D eigenvalue weighted by Gasteiger charge is -2.21. The van der Waals surface area contributed by atoms with E-state index in [4.69, 9.17) is 4.74 Å². The van der Waals surface area contributed by atoms with Crippen molar-refractivity contribution in [3.05, 3.63) is 23.8 Å². The number of nitrogens with one attached hydrogen (secondary N) is 1. The van der Waals surface area contributed by atoms with Crippen molar-refractivity contribution < 1.29 is 13.2 Å². The van der Waals surface area contributed by atoms with E-state index in [2.05, 4.69) is 25.5 Å². The molecule has 19 heavy (non-hydrogen) atoms. The molecule has 2 rings (SSSR count). The first-order valence-corrected chi connectivity index (χ1v) is 8.33. The Morgan fingerprint density at radius 3 is 2.37 bits per heavy atom. The molecule has 1 aliphatic rings. The van der Waals surface area contributed by atoms with Crippen LogP contribution < -0.4 is 9.46 Å². The Hall–Kier alpha value is -1.23. The zero-order valence-corrected chi connectivity index (χ0v) is 12.7. The molecule has 0 unspecified atom stereocenters. The summed E-state index contributed by atoms with van der Waals surface area (Å²) in [4.78, 5) is 0. The van der Waals surface area contributed by atoms with E-state index in [0.29, 0.717) is 11.4 Å². The van der Waals surface area contributed by atoms with Gasteiger partial charge in [0.2, 0.25) is 10.0 Å². The Bertz CT molecular complexity index is 569. The molecule has 1 fully saturated rings. The maximum atomic E-state index is 11.4. The number of sulfonamides is 1. The molecule has 1 N–H and O–H groups in total. The van der Waals surface area contributed by atoms with Crippen LogP contribution in [-0.2, 0) is 15.4 Å². The molecule has 0 heterocycles. The van der Waals surface area contributed by atoms with E-state index < -0.39 is 10.0 Å². The van der Waals surface area contributed by atoms with Crippen LogP contribution in [0.2, 0.25) is 0 Å². The summed E-state index contributed by atoms with van der Waals surface area (Å²) in [6.07, 6.45) is 3.47. The first-order chi connectivity index (χ1) is 8.65. The normalized spacial score (nSPS) is 16.2. The van der Waals surface area contributed by atoms with E-state index in [1.807, 2.05) is 18.2 Å². The molecule has 1 aromatic carbocycles. The molecule has 0 bridgehead atoms. The average molecular weight is 283 g/mol. The third-order valence-electron chi connectivity index (χ3n) is 2.96. The molecule has 5 heteroatoms. The second-order valence-corrected chi connectivity index (χ2v) is 7.90. The van der Waals surface area contributed by atoms with Crippen LogP contribution in [0.15, 0.2) is 18.2 Å². The fourth-order valence-corrected chi connectivity index (χ4v) is 2.30. The second kappa shape index (κ2) is 4.71. The van der Waals surface area contributed by atoms with E-state index in [9.17, 15) is 8.42 Å². The second-order valence-electron chi connectivity index (χ2n) is 6.15. The van der Waals surface area contributed by atoms with Crippen molar-refractivity contribution in [1.82, 2.24) is 0 Å². The van der Waals surface area contributed by atoms with E-state index in [1.54, 1.807) is 0 Å². The van der Waals surface area contributed by atoms with Gasteiger partial charge in [-0.05, 0) is 36.0 Å². The van der Waals surface area contributed by atoms with Gasteiger partial charge in [-0.15, -0.1) is 0 Å².